The summed E-state index contributed by atoms with van der Waals surface area (Å²) in [5.74, 6) is -4.45. The van der Waals surface area contributed by atoms with Crippen molar-refractivity contribution < 1.29 is 45.9 Å². The smallest absolute Gasteiger partial charge is 0.307 e. The first kappa shape index (κ1) is 47.5. The highest BCUT2D eigenvalue weighted by Gasteiger charge is 2.62. The zero-order valence-corrected chi connectivity index (χ0v) is 40.0. The molecule has 2 saturated carbocycles. The predicted octanol–water partition coefficient (Wildman–Crippen LogP) is 8.79. The third-order valence-electron chi connectivity index (χ3n) is 13.4. The molecule has 1 N–H and O–H groups in total. The molecular formula is C49H59F2N5O8S2. The van der Waals surface area contributed by atoms with Gasteiger partial charge in [-0.25, -0.2) is 22.2 Å². The summed E-state index contributed by atoms with van der Waals surface area (Å²) in [6.45, 7) is 10.9. The molecule has 2 aromatic carbocycles. The maximum atomic E-state index is 14.9. The lowest BCUT2D eigenvalue weighted by molar-refractivity contribution is -0.159. The number of benzene rings is 2. The Balaban J connectivity index is 1.11. The molecule has 0 radical (unpaired) electrons. The van der Waals surface area contributed by atoms with E-state index in [1.807, 2.05) is 54.1 Å². The average molecular weight is 948 g/mol. The molecule has 1 saturated heterocycles. The number of allylic oxidation sites excluding steroid dienone is 2. The molecule has 3 fully saturated rings. The monoisotopic (exact) mass is 947 g/mol. The zero-order valence-electron chi connectivity index (χ0n) is 38.4. The van der Waals surface area contributed by atoms with Crippen LogP contribution < -0.4 is 9.46 Å². The molecule has 8 rings (SSSR count). The number of ketones is 1. The van der Waals surface area contributed by atoms with Gasteiger partial charge in [-0.15, -0.1) is 11.3 Å². The Morgan fingerprint density at radius 3 is 2.48 bits per heavy atom. The van der Waals surface area contributed by atoms with Gasteiger partial charge in [0.15, 0.2) is 5.78 Å². The number of carbonyl (C=O) groups is 4. The summed E-state index contributed by atoms with van der Waals surface area (Å²) in [5.41, 5.74) is 1.10. The van der Waals surface area contributed by atoms with Crippen molar-refractivity contribution in [3.05, 3.63) is 76.8 Å². The molecule has 0 bridgehead atoms. The number of para-hydroxylation sites is 1. The minimum atomic E-state index is -3.99. The van der Waals surface area contributed by atoms with E-state index in [0.717, 1.165) is 30.0 Å². The number of imidazole rings is 1. The number of Topliss-reactive ketones (excluding diaryl/α,β-unsaturated/α-hetero) is 1. The first-order chi connectivity index (χ1) is 31.1. The number of fused-ring (bicyclic) bond motifs is 3. The van der Waals surface area contributed by atoms with Crippen LogP contribution in [-0.2, 0) is 40.4 Å². The predicted molar refractivity (Wildman–Crippen MR) is 246 cm³/mol. The van der Waals surface area contributed by atoms with Gasteiger partial charge in [0.05, 0.1) is 40.4 Å². The van der Waals surface area contributed by atoms with Crippen LogP contribution in [0.15, 0.2) is 53.9 Å². The van der Waals surface area contributed by atoms with E-state index in [4.69, 9.17) is 19.4 Å². The van der Waals surface area contributed by atoms with E-state index >= 15 is 0 Å². The first-order valence-electron chi connectivity index (χ1n) is 23.0. The maximum absolute atomic E-state index is 14.9. The van der Waals surface area contributed by atoms with Crippen molar-refractivity contribution in [2.24, 2.45) is 17.3 Å². The molecule has 5 atom stereocenters. The normalized spacial score (nSPS) is 25.1. The van der Waals surface area contributed by atoms with Crippen LogP contribution in [-0.4, -0.2) is 80.5 Å². The zero-order chi connectivity index (χ0) is 47.3. The number of aromatic nitrogens is 3. The average Bonchev–Trinajstić information content (AvgIpc) is 3.91. The van der Waals surface area contributed by atoms with Crippen LogP contribution in [0, 0.1) is 28.9 Å². The van der Waals surface area contributed by atoms with Crippen molar-refractivity contribution in [1.82, 2.24) is 24.2 Å². The number of ether oxygens (including phenoxy) is 2. The molecule has 354 valence electrons. The van der Waals surface area contributed by atoms with Gasteiger partial charge in [-0.3, -0.25) is 28.5 Å². The summed E-state index contributed by atoms with van der Waals surface area (Å²) >= 11 is 1.38. The molecule has 13 nitrogen and oxygen atoms in total. The van der Waals surface area contributed by atoms with Gasteiger partial charge in [-0.2, -0.15) is 4.98 Å². The number of nitrogens with zero attached hydrogens (tertiary/aromatic N) is 4. The fourth-order valence-electron chi connectivity index (χ4n) is 9.44. The Morgan fingerprint density at radius 1 is 1.05 bits per heavy atom. The van der Waals surface area contributed by atoms with Gasteiger partial charge in [0, 0.05) is 48.2 Å². The van der Waals surface area contributed by atoms with Crippen LogP contribution in [0.2, 0.25) is 0 Å². The number of hydrogen-bond donors (Lipinski definition) is 1. The summed E-state index contributed by atoms with van der Waals surface area (Å²) in [6, 6.07) is 8.19. The number of thiazole rings is 1. The standard InChI is InChI=1S/C49H59F2N5O8S2/c1-29(2)56-38-16-12-15-37(43-52-35(28-65-43)21-30-19-33(50)23-34(51)20-30)42(38)53-46(56)63-36-24-39-40(57)26-49(45(60)54-66(61,62)48(6)17-18-48)25-32(49)14-11-9-7-8-10-13-31(44(59)55(39)27-36)22-41(58)64-47(3,4)5/h11-12,14-16,19-20,23,28-29,31-32,36,39H,7-10,13,17-18,21-22,24-27H2,1-6H3,(H,54,60)/b14-11-/t31-,32+,36-,39+,49-/m1/s1. The van der Waals surface area contributed by atoms with Crippen LogP contribution in [0.1, 0.15) is 129 Å². The van der Waals surface area contributed by atoms with Crippen molar-refractivity contribution in [2.75, 3.05) is 6.54 Å². The van der Waals surface area contributed by atoms with Gasteiger partial charge in [0.25, 0.3) is 6.01 Å². The molecule has 2 aliphatic carbocycles. The number of carbonyl (C=O) groups excluding carboxylic acids is 4. The van der Waals surface area contributed by atoms with Crippen molar-refractivity contribution in [3.8, 4) is 16.6 Å². The van der Waals surface area contributed by atoms with Gasteiger partial charge < -0.3 is 14.4 Å². The van der Waals surface area contributed by atoms with E-state index < -0.39 is 67.4 Å². The number of sulfonamides is 1. The summed E-state index contributed by atoms with van der Waals surface area (Å²) < 4.78 is 70.3. The van der Waals surface area contributed by atoms with Gasteiger partial charge in [0.1, 0.15) is 33.9 Å². The third-order valence-corrected chi connectivity index (χ3v) is 16.4. The van der Waals surface area contributed by atoms with E-state index in [9.17, 15) is 36.4 Å². The quantitative estimate of drug-likeness (QED) is 0.113. The highest BCUT2D eigenvalue weighted by atomic mass is 32.2. The number of nitrogens with one attached hydrogen (secondary N) is 1. The minimum absolute atomic E-state index is 0.00000739. The summed E-state index contributed by atoms with van der Waals surface area (Å²) in [4.78, 5) is 68.4. The van der Waals surface area contributed by atoms with Gasteiger partial charge >= 0.3 is 5.97 Å². The molecule has 4 aromatic rings. The highest BCUT2D eigenvalue weighted by Crippen LogP contribution is 2.58. The fraction of sp³-hybridized carbons (Fsp3) is 0.551. The SMILES string of the molecule is CC(C)n1c(O[C@@H]2C[C@H]3C(=O)C[C@]4(C(=O)NS(=O)(=O)C5(C)CC5)C[C@@H]4/C=C\CCCCC[C@H](CC(=O)OC(C)(C)C)C(=O)N3C2)nc2c(-c3nc(Cc4cc(F)cc(F)c4)cs3)cccc21. The molecule has 4 heterocycles. The molecule has 2 aliphatic heterocycles. The van der Waals surface area contributed by atoms with Crippen LogP contribution >= 0.6 is 11.3 Å². The van der Waals surface area contributed by atoms with Crippen molar-refractivity contribution in [3.63, 3.8) is 0 Å². The van der Waals surface area contributed by atoms with Gasteiger partial charge in [-0.05, 0) is 116 Å². The van der Waals surface area contributed by atoms with E-state index in [2.05, 4.69) is 4.72 Å². The van der Waals surface area contributed by atoms with Crippen LogP contribution in [0.4, 0.5) is 8.78 Å². The lowest BCUT2D eigenvalue weighted by Gasteiger charge is -2.29. The lowest BCUT2D eigenvalue weighted by atomic mass is 9.90. The Kier molecular flexibility index (Phi) is 13.1. The summed E-state index contributed by atoms with van der Waals surface area (Å²) in [5, 5.41) is 2.49. The Bertz CT molecular complexity index is 2660. The Labute approximate surface area is 388 Å². The summed E-state index contributed by atoms with van der Waals surface area (Å²) in [7, 11) is -3.99. The van der Waals surface area contributed by atoms with E-state index in [1.54, 1.807) is 27.7 Å². The number of halogens is 2. The molecular weight excluding hydrogens is 889 g/mol. The third kappa shape index (κ3) is 10.1. The van der Waals surface area contributed by atoms with Crippen LogP contribution in [0.25, 0.3) is 21.6 Å². The van der Waals surface area contributed by atoms with E-state index in [1.165, 1.54) is 28.4 Å². The topological polar surface area (TPSA) is 167 Å². The van der Waals surface area contributed by atoms with Gasteiger partial charge in [-0.1, -0.05) is 31.1 Å². The van der Waals surface area contributed by atoms with Gasteiger partial charge in [0.2, 0.25) is 21.8 Å². The van der Waals surface area contributed by atoms with E-state index in [0.29, 0.717) is 60.3 Å². The number of esters is 1. The van der Waals surface area contributed by atoms with Crippen molar-refractivity contribution in [2.45, 2.75) is 147 Å². The second-order valence-electron chi connectivity index (χ2n) is 20.2. The van der Waals surface area contributed by atoms with Crippen LogP contribution in [0.3, 0.4) is 0 Å². The van der Waals surface area contributed by atoms with Crippen molar-refractivity contribution in [1.29, 1.82) is 0 Å². The number of rotatable bonds is 11. The molecule has 66 heavy (non-hydrogen) atoms. The number of amides is 2. The Morgan fingerprint density at radius 2 is 1.79 bits per heavy atom. The molecule has 2 aromatic heterocycles. The maximum Gasteiger partial charge on any atom is 0.307 e. The second-order valence-corrected chi connectivity index (χ2v) is 23.2. The van der Waals surface area contributed by atoms with E-state index in [-0.39, 0.29) is 61.9 Å². The largest absolute Gasteiger partial charge is 0.460 e. The first-order valence-corrected chi connectivity index (χ1v) is 25.4. The molecule has 4 aliphatic rings. The summed E-state index contributed by atoms with van der Waals surface area (Å²) in [6.07, 6.45) is 7.58. The molecule has 2 amide bonds. The number of hydrogen-bond acceptors (Lipinski definition) is 11. The molecule has 17 heteroatoms. The van der Waals surface area contributed by atoms with Crippen molar-refractivity contribution >= 4 is 56.0 Å². The fourth-order valence-corrected chi connectivity index (χ4v) is 11.6. The van der Waals surface area contributed by atoms with Crippen LogP contribution in [0.5, 0.6) is 6.01 Å². The Hall–Kier alpha value is -5.03. The lowest BCUT2D eigenvalue weighted by Crippen LogP contribution is -2.47. The highest BCUT2D eigenvalue weighted by molar-refractivity contribution is 7.91. The second kappa shape index (κ2) is 18.2. The molecule has 0 unspecified atom stereocenters. The minimum Gasteiger partial charge on any atom is -0.460 e. The molecule has 0 spiro atoms.